The van der Waals surface area contributed by atoms with Crippen molar-refractivity contribution in [3.05, 3.63) is 136 Å². The molecule has 0 aliphatic rings. The van der Waals surface area contributed by atoms with E-state index in [2.05, 4.69) is 5.32 Å². The van der Waals surface area contributed by atoms with Crippen molar-refractivity contribution in [3.63, 3.8) is 0 Å². The number of carbonyl (C=O) groups is 1. The molecule has 4 nitrogen and oxygen atoms in total. The molecule has 0 aliphatic heterocycles. The summed E-state index contributed by atoms with van der Waals surface area (Å²) in [5.74, 6) is -0.325. The standard InChI is InChI=1S/C35H35ClF3NO3/c1-33(2,32(41)42)28-17-10-18-29(22-28)43-21-11-20-40-24-34(26-13-5-3-6-14-26,27-15-7-4-8-16-27)23-25-12-9-19-30(31(25)36)35(37,38)39/h3-10,12-19,22,40H,11,20-21,23-24H2,1-2H3,(H,41,42). The van der Waals surface area contributed by atoms with Crippen LogP contribution < -0.4 is 10.1 Å². The first-order chi connectivity index (χ1) is 20.4. The largest absolute Gasteiger partial charge is 0.494 e. The quantitative estimate of drug-likeness (QED) is 0.150. The van der Waals surface area contributed by atoms with Crippen LogP contribution in [-0.2, 0) is 28.2 Å². The molecule has 0 radical (unpaired) electrons. The van der Waals surface area contributed by atoms with E-state index in [-0.39, 0.29) is 11.4 Å². The average Bonchev–Trinajstić information content (AvgIpc) is 2.99. The first-order valence-corrected chi connectivity index (χ1v) is 14.5. The lowest BCUT2D eigenvalue weighted by atomic mass is 9.70. The van der Waals surface area contributed by atoms with Crippen LogP contribution in [0.4, 0.5) is 13.2 Å². The van der Waals surface area contributed by atoms with Crippen LogP contribution in [0.2, 0.25) is 5.02 Å². The van der Waals surface area contributed by atoms with Crippen LogP contribution in [0.1, 0.15) is 48.1 Å². The Morgan fingerprint density at radius 1 is 0.837 bits per heavy atom. The summed E-state index contributed by atoms with van der Waals surface area (Å²) in [6, 6.07) is 30.6. The highest BCUT2D eigenvalue weighted by Gasteiger charge is 2.38. The summed E-state index contributed by atoms with van der Waals surface area (Å²) in [7, 11) is 0. The summed E-state index contributed by atoms with van der Waals surface area (Å²) in [5, 5.41) is 12.8. The number of nitrogens with one attached hydrogen (secondary N) is 1. The number of hydrogen-bond acceptors (Lipinski definition) is 3. The van der Waals surface area contributed by atoms with Crippen LogP contribution in [0.5, 0.6) is 5.75 Å². The van der Waals surface area contributed by atoms with Crippen molar-refractivity contribution in [3.8, 4) is 5.75 Å². The van der Waals surface area contributed by atoms with Gasteiger partial charge in [-0.3, -0.25) is 4.79 Å². The van der Waals surface area contributed by atoms with E-state index < -0.39 is 28.5 Å². The van der Waals surface area contributed by atoms with Gasteiger partial charge >= 0.3 is 12.1 Å². The molecule has 0 aromatic heterocycles. The molecule has 0 unspecified atom stereocenters. The summed E-state index contributed by atoms with van der Waals surface area (Å²) in [6.45, 7) is 4.72. The highest BCUT2D eigenvalue weighted by Crippen LogP contribution is 2.41. The Balaban J connectivity index is 1.54. The van der Waals surface area contributed by atoms with Crippen LogP contribution in [0.3, 0.4) is 0 Å². The molecule has 8 heteroatoms. The minimum Gasteiger partial charge on any atom is -0.494 e. The molecule has 0 bridgehead atoms. The lowest BCUT2D eigenvalue weighted by molar-refractivity contribution is -0.142. The number of halogens is 4. The molecule has 2 N–H and O–H groups in total. The lowest BCUT2D eigenvalue weighted by Crippen LogP contribution is -2.42. The maximum atomic E-state index is 13.7. The van der Waals surface area contributed by atoms with Crippen molar-refractivity contribution in [2.24, 2.45) is 0 Å². The van der Waals surface area contributed by atoms with Gasteiger partial charge in [-0.15, -0.1) is 0 Å². The normalized spacial score (nSPS) is 12.2. The van der Waals surface area contributed by atoms with Gasteiger partial charge in [-0.25, -0.2) is 0 Å². The molecule has 226 valence electrons. The Kier molecular flexibility index (Phi) is 10.2. The van der Waals surface area contributed by atoms with E-state index in [1.165, 1.54) is 6.07 Å². The zero-order chi connectivity index (χ0) is 31.1. The second-order valence-corrected chi connectivity index (χ2v) is 11.5. The molecule has 43 heavy (non-hydrogen) atoms. The SMILES string of the molecule is CC(C)(C(=O)O)c1cccc(OCCCNCC(Cc2cccc(C(F)(F)F)c2Cl)(c2ccccc2)c2ccccc2)c1. The number of ether oxygens (including phenoxy) is 1. The van der Waals surface area contributed by atoms with E-state index in [1.54, 1.807) is 44.2 Å². The molecule has 4 aromatic carbocycles. The van der Waals surface area contributed by atoms with Crippen molar-refractivity contribution >= 4 is 17.6 Å². The number of carboxylic acid groups (broad SMARTS) is 1. The van der Waals surface area contributed by atoms with Crippen LogP contribution in [0.25, 0.3) is 0 Å². The molecule has 0 saturated heterocycles. The topological polar surface area (TPSA) is 58.6 Å². The van der Waals surface area contributed by atoms with E-state index in [0.717, 1.165) is 17.2 Å². The Morgan fingerprint density at radius 3 is 2.00 bits per heavy atom. The fourth-order valence-corrected chi connectivity index (χ4v) is 5.50. The van der Waals surface area contributed by atoms with Gasteiger partial charge in [0.2, 0.25) is 0 Å². The Morgan fingerprint density at radius 2 is 1.42 bits per heavy atom. The molecule has 0 aliphatic carbocycles. The van der Waals surface area contributed by atoms with Crippen molar-refractivity contribution in [1.82, 2.24) is 5.32 Å². The van der Waals surface area contributed by atoms with Crippen molar-refractivity contribution in [1.29, 1.82) is 0 Å². The highest BCUT2D eigenvalue weighted by atomic mass is 35.5. The summed E-state index contributed by atoms with van der Waals surface area (Å²) in [4.78, 5) is 11.6. The number of aliphatic carboxylic acids is 1. The van der Waals surface area contributed by atoms with E-state index in [0.29, 0.717) is 43.0 Å². The maximum Gasteiger partial charge on any atom is 0.417 e. The molecule has 0 atom stereocenters. The van der Waals surface area contributed by atoms with Gasteiger partial charge in [0.1, 0.15) is 5.75 Å². The van der Waals surface area contributed by atoms with Crippen LogP contribution in [0, 0.1) is 0 Å². The van der Waals surface area contributed by atoms with Gasteiger partial charge in [-0.2, -0.15) is 13.2 Å². The van der Waals surface area contributed by atoms with Gasteiger partial charge in [-0.1, -0.05) is 96.5 Å². The van der Waals surface area contributed by atoms with Crippen molar-refractivity contribution in [2.75, 3.05) is 19.7 Å². The van der Waals surface area contributed by atoms with E-state index >= 15 is 0 Å². The molecule has 4 aromatic rings. The molecular weight excluding hydrogens is 575 g/mol. The Hall–Kier alpha value is -3.81. The van der Waals surface area contributed by atoms with Gasteiger partial charge in [0, 0.05) is 12.0 Å². The molecule has 0 amide bonds. The molecule has 0 heterocycles. The van der Waals surface area contributed by atoms with E-state index in [1.807, 2.05) is 60.7 Å². The summed E-state index contributed by atoms with van der Waals surface area (Å²) >= 11 is 6.40. The number of alkyl halides is 3. The van der Waals surface area contributed by atoms with Gasteiger partial charge in [0.15, 0.2) is 0 Å². The summed E-state index contributed by atoms with van der Waals surface area (Å²) < 4.78 is 47.1. The summed E-state index contributed by atoms with van der Waals surface area (Å²) in [5.41, 5.74) is 0.378. The van der Waals surface area contributed by atoms with Gasteiger partial charge in [0.25, 0.3) is 0 Å². The number of hydrogen-bond donors (Lipinski definition) is 2. The number of rotatable bonds is 13. The monoisotopic (exact) mass is 609 g/mol. The van der Waals surface area contributed by atoms with Crippen molar-refractivity contribution < 1.29 is 27.8 Å². The van der Waals surface area contributed by atoms with E-state index in [4.69, 9.17) is 16.3 Å². The zero-order valence-corrected chi connectivity index (χ0v) is 24.9. The highest BCUT2D eigenvalue weighted by molar-refractivity contribution is 6.32. The predicted molar refractivity (Wildman–Crippen MR) is 164 cm³/mol. The van der Waals surface area contributed by atoms with Crippen LogP contribution in [0.15, 0.2) is 103 Å². The second-order valence-electron chi connectivity index (χ2n) is 11.1. The van der Waals surface area contributed by atoms with Crippen LogP contribution >= 0.6 is 11.6 Å². The van der Waals surface area contributed by atoms with Crippen molar-refractivity contribution in [2.45, 2.75) is 43.7 Å². The second kappa shape index (κ2) is 13.7. The fraction of sp³-hybridized carbons (Fsp3) is 0.286. The van der Waals surface area contributed by atoms with E-state index in [9.17, 15) is 23.1 Å². The maximum absolute atomic E-state index is 13.7. The third kappa shape index (κ3) is 7.59. The molecule has 4 rings (SSSR count). The van der Waals surface area contributed by atoms with Gasteiger partial charge in [0.05, 0.1) is 22.6 Å². The van der Waals surface area contributed by atoms with Gasteiger partial charge in [-0.05, 0) is 73.7 Å². The lowest BCUT2D eigenvalue weighted by Gasteiger charge is -2.36. The third-order valence-corrected chi connectivity index (χ3v) is 8.26. The predicted octanol–water partition coefficient (Wildman–Crippen LogP) is 8.31. The van der Waals surface area contributed by atoms with Crippen LogP contribution in [-0.4, -0.2) is 30.8 Å². The minimum absolute atomic E-state index is 0.249. The number of benzene rings is 4. The molecule has 0 saturated carbocycles. The molecular formula is C35H35ClF3NO3. The average molecular weight is 610 g/mol. The third-order valence-electron chi connectivity index (χ3n) is 7.81. The summed E-state index contributed by atoms with van der Waals surface area (Å²) in [6.07, 6.45) is -3.66. The number of carboxylic acids is 1. The zero-order valence-electron chi connectivity index (χ0n) is 24.1. The first-order valence-electron chi connectivity index (χ1n) is 14.1. The first kappa shape index (κ1) is 32.1. The minimum atomic E-state index is -4.56. The Labute approximate surface area is 255 Å². The fourth-order valence-electron chi connectivity index (χ4n) is 5.20. The molecule has 0 spiro atoms. The van der Waals surface area contributed by atoms with Gasteiger partial charge < -0.3 is 15.2 Å². The Bertz CT molecular complexity index is 1470. The molecule has 0 fully saturated rings. The smallest absolute Gasteiger partial charge is 0.417 e.